The van der Waals surface area contributed by atoms with E-state index >= 15 is 0 Å². The van der Waals surface area contributed by atoms with Gasteiger partial charge in [-0.25, -0.2) is 4.98 Å². The van der Waals surface area contributed by atoms with Crippen LogP contribution in [0.15, 0.2) is 18.3 Å². The molecule has 19 heavy (non-hydrogen) atoms. The predicted molar refractivity (Wildman–Crippen MR) is 72.1 cm³/mol. The third kappa shape index (κ3) is 3.21. The number of pyridine rings is 1. The van der Waals surface area contributed by atoms with Crippen molar-refractivity contribution in [1.82, 2.24) is 15.2 Å². The van der Waals surface area contributed by atoms with Gasteiger partial charge in [0.25, 0.3) is 5.91 Å². The van der Waals surface area contributed by atoms with Crippen LogP contribution in [-0.2, 0) is 4.79 Å². The highest BCUT2D eigenvalue weighted by atomic mass is 16.2. The zero-order chi connectivity index (χ0) is 13.8. The fraction of sp³-hybridized carbons (Fsp3) is 0.462. The van der Waals surface area contributed by atoms with Crippen LogP contribution in [0.25, 0.3) is 0 Å². The Hall–Kier alpha value is -2.11. The Morgan fingerprint density at radius 1 is 1.37 bits per heavy atom. The summed E-state index contributed by atoms with van der Waals surface area (Å²) in [6, 6.07) is 3.58. The molecule has 2 heterocycles. The molecule has 0 atom stereocenters. The van der Waals surface area contributed by atoms with Gasteiger partial charge in [-0.15, -0.1) is 0 Å². The summed E-state index contributed by atoms with van der Waals surface area (Å²) in [7, 11) is 3.80. The number of hydrogen-bond acceptors (Lipinski definition) is 4. The van der Waals surface area contributed by atoms with Gasteiger partial charge in [-0.3, -0.25) is 9.59 Å². The van der Waals surface area contributed by atoms with Gasteiger partial charge in [0.2, 0.25) is 5.91 Å². The van der Waals surface area contributed by atoms with Crippen LogP contribution in [0, 0.1) is 0 Å². The number of hydrogen-bond donors (Lipinski definition) is 1. The molecule has 0 radical (unpaired) electrons. The monoisotopic (exact) mass is 262 g/mol. The largest absolute Gasteiger partial charge is 0.363 e. The Balaban J connectivity index is 2.08. The van der Waals surface area contributed by atoms with Gasteiger partial charge in [0.05, 0.1) is 5.56 Å². The van der Waals surface area contributed by atoms with Gasteiger partial charge in [-0.05, 0) is 12.1 Å². The number of nitrogens with zero attached hydrogens (tertiary/aromatic N) is 3. The summed E-state index contributed by atoms with van der Waals surface area (Å²) in [4.78, 5) is 31.3. The van der Waals surface area contributed by atoms with Gasteiger partial charge in [0.1, 0.15) is 5.82 Å². The van der Waals surface area contributed by atoms with E-state index in [1.54, 1.807) is 17.2 Å². The quantitative estimate of drug-likeness (QED) is 0.821. The zero-order valence-electron chi connectivity index (χ0n) is 11.2. The van der Waals surface area contributed by atoms with Crippen LogP contribution >= 0.6 is 0 Å². The second kappa shape index (κ2) is 5.69. The van der Waals surface area contributed by atoms with Crippen LogP contribution in [0.1, 0.15) is 16.8 Å². The summed E-state index contributed by atoms with van der Waals surface area (Å²) >= 11 is 0. The first-order valence-corrected chi connectivity index (χ1v) is 6.27. The normalized spacial score (nSPS) is 15.7. The van der Waals surface area contributed by atoms with Crippen molar-refractivity contribution in [2.24, 2.45) is 0 Å². The molecule has 0 saturated carbocycles. The summed E-state index contributed by atoms with van der Waals surface area (Å²) in [6.07, 6.45) is 1.94. The van der Waals surface area contributed by atoms with E-state index in [2.05, 4.69) is 10.3 Å². The molecule has 0 unspecified atom stereocenters. The molecule has 0 spiro atoms. The molecule has 1 aliphatic heterocycles. The first kappa shape index (κ1) is 13.3. The van der Waals surface area contributed by atoms with Crippen molar-refractivity contribution in [3.63, 3.8) is 0 Å². The van der Waals surface area contributed by atoms with Gasteiger partial charge >= 0.3 is 0 Å². The highest BCUT2D eigenvalue weighted by Crippen LogP contribution is 2.11. The maximum atomic E-state index is 12.3. The van der Waals surface area contributed by atoms with Crippen LogP contribution in [0.2, 0.25) is 0 Å². The molecule has 1 fully saturated rings. The lowest BCUT2D eigenvalue weighted by molar-refractivity contribution is -0.120. The third-order valence-corrected chi connectivity index (χ3v) is 3.05. The Bertz CT molecular complexity index is 470. The Morgan fingerprint density at radius 3 is 2.79 bits per heavy atom. The first-order chi connectivity index (χ1) is 9.08. The summed E-state index contributed by atoms with van der Waals surface area (Å²) in [5.41, 5.74) is 0.556. The van der Waals surface area contributed by atoms with Gasteiger partial charge in [0.15, 0.2) is 0 Å². The molecule has 6 nitrogen and oxygen atoms in total. The van der Waals surface area contributed by atoms with Crippen molar-refractivity contribution in [2.75, 3.05) is 38.6 Å². The van der Waals surface area contributed by atoms with Crippen LogP contribution in [0.4, 0.5) is 5.82 Å². The average Bonchev–Trinajstić information content (AvgIpc) is 2.63. The number of rotatable bonds is 2. The van der Waals surface area contributed by atoms with E-state index in [1.807, 2.05) is 25.1 Å². The third-order valence-electron chi connectivity index (χ3n) is 3.05. The molecule has 0 aromatic carbocycles. The van der Waals surface area contributed by atoms with Crippen molar-refractivity contribution >= 4 is 17.6 Å². The average molecular weight is 262 g/mol. The van der Waals surface area contributed by atoms with Gasteiger partial charge in [-0.1, -0.05) is 0 Å². The number of carbonyl (C=O) groups excluding carboxylic acids is 2. The van der Waals surface area contributed by atoms with Crippen molar-refractivity contribution in [3.05, 3.63) is 23.9 Å². The lowest BCUT2D eigenvalue weighted by Crippen LogP contribution is -2.34. The Labute approximate surface area is 112 Å². The molecule has 1 N–H and O–H groups in total. The molecule has 2 amide bonds. The molecule has 6 heteroatoms. The number of amides is 2. The second-order valence-corrected chi connectivity index (χ2v) is 4.69. The van der Waals surface area contributed by atoms with Crippen LogP contribution in [0.3, 0.4) is 0 Å². The molecule has 0 bridgehead atoms. The van der Waals surface area contributed by atoms with Crippen molar-refractivity contribution in [2.45, 2.75) is 6.42 Å². The molecule has 2 rings (SSSR count). The molecule has 1 aromatic rings. The molecular formula is C13H18N4O2. The van der Waals surface area contributed by atoms with E-state index in [0.717, 1.165) is 5.82 Å². The summed E-state index contributed by atoms with van der Waals surface area (Å²) in [5, 5.41) is 2.75. The van der Waals surface area contributed by atoms with E-state index in [0.29, 0.717) is 31.6 Å². The van der Waals surface area contributed by atoms with E-state index in [9.17, 15) is 9.59 Å². The van der Waals surface area contributed by atoms with E-state index in [-0.39, 0.29) is 11.8 Å². The minimum atomic E-state index is -0.0747. The predicted octanol–water partition coefficient (Wildman–Crippen LogP) is 0.110. The van der Waals surface area contributed by atoms with Gasteiger partial charge < -0.3 is 15.1 Å². The SMILES string of the molecule is CN(C)c1ccc(C(=O)N2CCNC(=O)CC2)cn1. The number of aromatic nitrogens is 1. The molecule has 1 aliphatic rings. The molecule has 1 aromatic heterocycles. The Kier molecular flexibility index (Phi) is 3.99. The molecule has 1 saturated heterocycles. The summed E-state index contributed by atoms with van der Waals surface area (Å²) in [5.74, 6) is 0.731. The van der Waals surface area contributed by atoms with Crippen molar-refractivity contribution < 1.29 is 9.59 Å². The highest BCUT2D eigenvalue weighted by molar-refractivity contribution is 5.94. The standard InChI is InChI=1S/C13H18N4O2/c1-16(2)11-4-3-10(9-15-11)13(19)17-7-5-12(18)14-6-8-17/h3-4,9H,5-8H2,1-2H3,(H,14,18). The van der Waals surface area contributed by atoms with Gasteiger partial charge in [0, 0.05) is 46.3 Å². The zero-order valence-corrected chi connectivity index (χ0v) is 11.2. The van der Waals surface area contributed by atoms with Crippen molar-refractivity contribution in [1.29, 1.82) is 0 Å². The second-order valence-electron chi connectivity index (χ2n) is 4.69. The lowest BCUT2D eigenvalue weighted by Gasteiger charge is -2.19. The maximum absolute atomic E-state index is 12.3. The smallest absolute Gasteiger partial charge is 0.255 e. The van der Waals surface area contributed by atoms with E-state index in [1.165, 1.54) is 0 Å². The minimum absolute atomic E-state index is 0.00335. The minimum Gasteiger partial charge on any atom is -0.363 e. The summed E-state index contributed by atoms with van der Waals surface area (Å²) in [6.45, 7) is 1.51. The lowest BCUT2D eigenvalue weighted by atomic mass is 10.2. The fourth-order valence-electron chi connectivity index (χ4n) is 1.93. The Morgan fingerprint density at radius 2 is 2.16 bits per heavy atom. The fourth-order valence-corrected chi connectivity index (χ4v) is 1.93. The van der Waals surface area contributed by atoms with Crippen molar-refractivity contribution in [3.8, 4) is 0 Å². The van der Waals surface area contributed by atoms with Crippen LogP contribution in [-0.4, -0.2) is 55.4 Å². The van der Waals surface area contributed by atoms with Crippen LogP contribution in [0.5, 0.6) is 0 Å². The topological polar surface area (TPSA) is 65.5 Å². The van der Waals surface area contributed by atoms with E-state index in [4.69, 9.17) is 0 Å². The molecule has 0 aliphatic carbocycles. The molecule has 102 valence electrons. The number of anilines is 1. The maximum Gasteiger partial charge on any atom is 0.255 e. The van der Waals surface area contributed by atoms with E-state index < -0.39 is 0 Å². The molecular weight excluding hydrogens is 244 g/mol. The highest BCUT2D eigenvalue weighted by Gasteiger charge is 2.19. The number of nitrogens with one attached hydrogen (secondary N) is 1. The van der Waals surface area contributed by atoms with Crippen LogP contribution < -0.4 is 10.2 Å². The number of carbonyl (C=O) groups is 2. The summed E-state index contributed by atoms with van der Waals surface area (Å²) < 4.78 is 0. The van der Waals surface area contributed by atoms with Gasteiger partial charge in [-0.2, -0.15) is 0 Å². The first-order valence-electron chi connectivity index (χ1n) is 6.27.